The molecule has 4 N–H and O–H groups in total. The highest BCUT2D eigenvalue weighted by Gasteiger charge is 2.17. The molecule has 7 nitrogen and oxygen atoms in total. The predicted molar refractivity (Wildman–Crippen MR) is 73.8 cm³/mol. The van der Waals surface area contributed by atoms with Gasteiger partial charge in [0, 0.05) is 11.1 Å². The van der Waals surface area contributed by atoms with Gasteiger partial charge >= 0.3 is 0 Å². The van der Waals surface area contributed by atoms with Gasteiger partial charge in [-0.1, -0.05) is 34.7 Å². The number of hydrogen-bond donors (Lipinski definition) is 3. The second-order valence-corrected chi connectivity index (χ2v) is 4.59. The van der Waals surface area contributed by atoms with Crippen molar-refractivity contribution in [2.45, 2.75) is 6.04 Å². The minimum atomic E-state index is -0.336. The molecule has 0 amide bonds. The molecule has 0 radical (unpaired) electrons. The third-order valence-electron chi connectivity index (χ3n) is 3.45. The summed E-state index contributed by atoms with van der Waals surface area (Å²) in [6, 6.07) is 11.3. The lowest BCUT2D eigenvalue weighted by molar-refractivity contribution is 0.875. The number of aromatic nitrogens is 6. The minimum absolute atomic E-state index is 0.336. The summed E-state index contributed by atoms with van der Waals surface area (Å²) in [6.45, 7) is 0. The largest absolute Gasteiger partial charge is 0.320 e. The topological polar surface area (TPSA) is 109 Å². The molecule has 4 rings (SSSR count). The Morgan fingerprint density at radius 3 is 1.80 bits per heavy atom. The van der Waals surface area contributed by atoms with Crippen LogP contribution in [0.3, 0.4) is 0 Å². The molecule has 0 aliphatic carbocycles. The number of rotatable bonds is 2. The molecule has 0 bridgehead atoms. The van der Waals surface area contributed by atoms with Crippen molar-refractivity contribution in [3.8, 4) is 0 Å². The van der Waals surface area contributed by atoms with Crippen molar-refractivity contribution in [1.29, 1.82) is 0 Å². The van der Waals surface area contributed by atoms with E-state index in [2.05, 4.69) is 30.8 Å². The van der Waals surface area contributed by atoms with E-state index in [4.69, 9.17) is 5.73 Å². The Bertz CT molecular complexity index is 818. The zero-order chi connectivity index (χ0) is 13.5. The first-order valence-corrected chi connectivity index (χ1v) is 6.19. The highest BCUT2D eigenvalue weighted by Crippen LogP contribution is 2.28. The van der Waals surface area contributed by atoms with Crippen LogP contribution in [0.1, 0.15) is 17.2 Å². The number of benzene rings is 2. The molecule has 2 aromatic heterocycles. The van der Waals surface area contributed by atoms with Gasteiger partial charge in [-0.3, -0.25) is 10.2 Å². The van der Waals surface area contributed by atoms with E-state index < -0.39 is 0 Å². The molecular formula is C13H11N7. The van der Waals surface area contributed by atoms with Crippen LogP contribution in [-0.4, -0.2) is 30.8 Å². The smallest absolute Gasteiger partial charge is 0.118 e. The van der Waals surface area contributed by atoms with Crippen molar-refractivity contribution >= 4 is 22.1 Å². The Morgan fingerprint density at radius 2 is 1.30 bits per heavy atom. The Balaban J connectivity index is 1.94. The number of nitrogens with zero attached hydrogens (tertiary/aromatic N) is 4. The minimum Gasteiger partial charge on any atom is -0.320 e. The van der Waals surface area contributed by atoms with Gasteiger partial charge in [0.2, 0.25) is 0 Å². The van der Waals surface area contributed by atoms with E-state index in [1.54, 1.807) is 0 Å². The summed E-state index contributed by atoms with van der Waals surface area (Å²) in [4.78, 5) is 0. The van der Waals surface area contributed by atoms with Gasteiger partial charge < -0.3 is 5.73 Å². The fraction of sp³-hybridized carbons (Fsp3) is 0.0769. The zero-order valence-electron chi connectivity index (χ0n) is 10.4. The molecule has 0 saturated carbocycles. The predicted octanol–water partition coefficient (Wildman–Crippen LogP) is 1.28. The maximum absolute atomic E-state index is 6.40. The van der Waals surface area contributed by atoms with Gasteiger partial charge in [0.05, 0.1) is 17.1 Å². The third-order valence-corrected chi connectivity index (χ3v) is 3.45. The third kappa shape index (κ3) is 1.50. The Kier molecular flexibility index (Phi) is 2.27. The number of nitrogens with two attached hydrogens (primary N) is 1. The molecule has 0 fully saturated rings. The van der Waals surface area contributed by atoms with Gasteiger partial charge in [-0.15, -0.1) is 10.2 Å². The Labute approximate surface area is 113 Å². The highest BCUT2D eigenvalue weighted by molar-refractivity contribution is 5.82. The van der Waals surface area contributed by atoms with E-state index in [-0.39, 0.29) is 6.04 Å². The van der Waals surface area contributed by atoms with E-state index >= 15 is 0 Å². The second kappa shape index (κ2) is 4.10. The van der Waals surface area contributed by atoms with Crippen molar-refractivity contribution in [2.75, 3.05) is 0 Å². The molecule has 0 unspecified atom stereocenters. The summed E-state index contributed by atoms with van der Waals surface area (Å²) < 4.78 is 0. The van der Waals surface area contributed by atoms with Gasteiger partial charge in [0.1, 0.15) is 11.0 Å². The van der Waals surface area contributed by atoms with Crippen LogP contribution < -0.4 is 5.73 Å². The number of fused-ring (bicyclic) bond motifs is 2. The highest BCUT2D eigenvalue weighted by atomic mass is 15.3. The van der Waals surface area contributed by atoms with Crippen molar-refractivity contribution in [3.05, 3.63) is 47.5 Å². The van der Waals surface area contributed by atoms with Gasteiger partial charge in [-0.05, 0) is 12.1 Å². The fourth-order valence-corrected chi connectivity index (χ4v) is 2.45. The monoisotopic (exact) mass is 265 g/mol. The molecule has 98 valence electrons. The molecule has 0 atom stereocenters. The van der Waals surface area contributed by atoms with Crippen LogP contribution >= 0.6 is 0 Å². The van der Waals surface area contributed by atoms with Crippen molar-refractivity contribution in [3.63, 3.8) is 0 Å². The standard InChI is InChI=1S/C13H11N7/c14-11(7-3-1-5-9-12(7)17-19-15-9)8-4-2-6-10-13(8)18-20-16-10/h1-6,11H,14H2,(H,15,17,19)(H,16,18,20). The van der Waals surface area contributed by atoms with Gasteiger partial charge in [-0.2, -0.15) is 0 Å². The Hall–Kier alpha value is -2.80. The van der Waals surface area contributed by atoms with Crippen LogP contribution in [0, 0.1) is 0 Å². The number of H-pyrrole nitrogens is 2. The summed E-state index contributed by atoms with van der Waals surface area (Å²) in [5.74, 6) is 0. The van der Waals surface area contributed by atoms with Crippen molar-refractivity contribution in [2.24, 2.45) is 5.73 Å². The van der Waals surface area contributed by atoms with E-state index in [9.17, 15) is 0 Å². The number of hydrogen-bond acceptors (Lipinski definition) is 5. The average molecular weight is 265 g/mol. The molecule has 0 spiro atoms. The quantitative estimate of drug-likeness (QED) is 0.505. The molecule has 4 aromatic rings. The first kappa shape index (κ1) is 11.1. The van der Waals surface area contributed by atoms with Crippen LogP contribution in [0.25, 0.3) is 22.1 Å². The second-order valence-electron chi connectivity index (χ2n) is 4.59. The SMILES string of the molecule is NC(c1cccc2[nH]nnc12)c1cccc2[nH]nnc12. The lowest BCUT2D eigenvalue weighted by Gasteiger charge is -2.13. The zero-order valence-corrected chi connectivity index (χ0v) is 10.4. The molecule has 0 aliphatic rings. The van der Waals surface area contributed by atoms with E-state index in [0.717, 1.165) is 33.2 Å². The van der Waals surface area contributed by atoms with Crippen LogP contribution in [0.2, 0.25) is 0 Å². The summed E-state index contributed by atoms with van der Waals surface area (Å²) in [6.07, 6.45) is 0. The van der Waals surface area contributed by atoms with Crippen LogP contribution in [0.5, 0.6) is 0 Å². The molecular weight excluding hydrogens is 254 g/mol. The number of nitrogens with one attached hydrogen (secondary N) is 2. The average Bonchev–Trinajstić information content (AvgIpc) is 3.13. The van der Waals surface area contributed by atoms with Crippen LogP contribution in [0.15, 0.2) is 36.4 Å². The Morgan fingerprint density at radius 1 is 0.800 bits per heavy atom. The van der Waals surface area contributed by atoms with Gasteiger partial charge in [0.25, 0.3) is 0 Å². The lowest BCUT2D eigenvalue weighted by atomic mass is 9.97. The summed E-state index contributed by atoms with van der Waals surface area (Å²) in [7, 11) is 0. The maximum Gasteiger partial charge on any atom is 0.118 e. The maximum atomic E-state index is 6.40. The summed E-state index contributed by atoms with van der Waals surface area (Å²) >= 11 is 0. The summed E-state index contributed by atoms with van der Waals surface area (Å²) in [5.41, 5.74) is 11.5. The molecule has 2 aromatic carbocycles. The first-order chi connectivity index (χ1) is 9.84. The van der Waals surface area contributed by atoms with E-state index in [1.807, 2.05) is 36.4 Å². The number of aromatic amines is 2. The molecule has 0 saturated heterocycles. The van der Waals surface area contributed by atoms with Crippen LogP contribution in [0.4, 0.5) is 0 Å². The molecule has 0 aliphatic heterocycles. The van der Waals surface area contributed by atoms with E-state index in [1.165, 1.54) is 0 Å². The lowest BCUT2D eigenvalue weighted by Crippen LogP contribution is -2.13. The first-order valence-electron chi connectivity index (χ1n) is 6.19. The molecule has 20 heavy (non-hydrogen) atoms. The van der Waals surface area contributed by atoms with Gasteiger partial charge in [-0.25, -0.2) is 0 Å². The normalized spacial score (nSPS) is 11.7. The summed E-state index contributed by atoms with van der Waals surface area (Å²) in [5, 5.41) is 21.6. The van der Waals surface area contributed by atoms with E-state index in [0.29, 0.717) is 0 Å². The van der Waals surface area contributed by atoms with Crippen molar-refractivity contribution < 1.29 is 0 Å². The fourth-order valence-electron chi connectivity index (χ4n) is 2.45. The van der Waals surface area contributed by atoms with Crippen molar-refractivity contribution in [1.82, 2.24) is 30.8 Å². The molecule has 7 heteroatoms. The van der Waals surface area contributed by atoms with Crippen LogP contribution in [-0.2, 0) is 0 Å². The van der Waals surface area contributed by atoms with Gasteiger partial charge in [0.15, 0.2) is 0 Å². The molecule has 2 heterocycles.